The lowest BCUT2D eigenvalue weighted by molar-refractivity contribution is 0.0513. The molecule has 5 nitrogen and oxygen atoms in total. The molecule has 0 aromatic carbocycles. The van der Waals surface area contributed by atoms with E-state index in [9.17, 15) is 9.59 Å². The van der Waals surface area contributed by atoms with Crippen LogP contribution >= 0.6 is 23.1 Å². The highest BCUT2D eigenvalue weighted by atomic mass is 32.2. The Bertz CT molecular complexity index is 615. The van der Waals surface area contributed by atoms with E-state index in [2.05, 4.69) is 4.98 Å². The van der Waals surface area contributed by atoms with Crippen LogP contribution in [0.1, 0.15) is 27.8 Å². The van der Waals surface area contributed by atoms with Crippen molar-refractivity contribution < 1.29 is 14.3 Å². The standard InChI is InChI=1S/C11H12N2O3S2/c1-4-16-10(15)7-6(5-14)8-9(13(7)2)12-11(17-3)18-8/h5H,4H2,1-3H3. The monoisotopic (exact) mass is 284 g/mol. The van der Waals surface area contributed by atoms with Crippen LogP contribution in [0.5, 0.6) is 0 Å². The van der Waals surface area contributed by atoms with Crippen LogP contribution in [0.3, 0.4) is 0 Å². The molecule has 0 atom stereocenters. The molecule has 0 aliphatic rings. The molecule has 0 unspecified atom stereocenters. The molecule has 7 heteroatoms. The number of aryl methyl sites for hydroxylation is 1. The first-order chi connectivity index (χ1) is 8.63. The first kappa shape index (κ1) is 13.1. The third kappa shape index (κ3) is 1.93. The maximum atomic E-state index is 11.8. The van der Waals surface area contributed by atoms with E-state index >= 15 is 0 Å². The Hall–Kier alpha value is -1.34. The number of carbonyl (C=O) groups is 2. The van der Waals surface area contributed by atoms with E-state index in [-0.39, 0.29) is 12.3 Å². The quantitative estimate of drug-likeness (QED) is 0.490. The highest BCUT2D eigenvalue weighted by Gasteiger charge is 2.24. The van der Waals surface area contributed by atoms with Gasteiger partial charge in [0.2, 0.25) is 0 Å². The second-order valence-electron chi connectivity index (χ2n) is 3.50. The Labute approximate surface area is 112 Å². The fraction of sp³-hybridized carbons (Fsp3) is 0.364. The third-order valence-electron chi connectivity index (χ3n) is 2.50. The number of fused-ring (bicyclic) bond motifs is 1. The normalized spacial score (nSPS) is 10.8. The van der Waals surface area contributed by atoms with Crippen molar-refractivity contribution in [2.45, 2.75) is 11.3 Å². The molecule has 0 aliphatic heterocycles. The lowest BCUT2D eigenvalue weighted by atomic mass is 10.2. The number of nitrogens with zero attached hydrogens (tertiary/aromatic N) is 2. The second kappa shape index (κ2) is 5.11. The predicted octanol–water partition coefficient (Wildman–Crippen LogP) is 2.35. The van der Waals surface area contributed by atoms with Gasteiger partial charge in [-0.15, -0.1) is 11.3 Å². The number of aldehydes is 1. The van der Waals surface area contributed by atoms with Gasteiger partial charge in [-0.1, -0.05) is 11.8 Å². The molecule has 0 saturated carbocycles. The average Bonchev–Trinajstić information content (AvgIpc) is 2.88. The molecule has 0 amide bonds. The highest BCUT2D eigenvalue weighted by Crippen LogP contribution is 2.33. The summed E-state index contributed by atoms with van der Waals surface area (Å²) in [5.41, 5.74) is 1.28. The van der Waals surface area contributed by atoms with Gasteiger partial charge < -0.3 is 9.30 Å². The fourth-order valence-corrected chi connectivity index (χ4v) is 3.33. The summed E-state index contributed by atoms with van der Waals surface area (Å²) in [7, 11) is 1.71. The van der Waals surface area contributed by atoms with E-state index in [1.54, 1.807) is 18.5 Å². The van der Waals surface area contributed by atoms with Gasteiger partial charge in [0.15, 0.2) is 16.3 Å². The second-order valence-corrected chi connectivity index (χ2v) is 5.55. The number of aromatic nitrogens is 2. The molecule has 0 radical (unpaired) electrons. The highest BCUT2D eigenvalue weighted by molar-refractivity contribution is 8.00. The van der Waals surface area contributed by atoms with Gasteiger partial charge in [-0.05, 0) is 13.2 Å². The van der Waals surface area contributed by atoms with E-state index in [1.165, 1.54) is 23.1 Å². The molecule has 0 N–H and O–H groups in total. The van der Waals surface area contributed by atoms with E-state index in [0.717, 1.165) is 9.04 Å². The van der Waals surface area contributed by atoms with Crippen molar-refractivity contribution in [2.24, 2.45) is 7.05 Å². The number of hydrogen-bond donors (Lipinski definition) is 0. The van der Waals surface area contributed by atoms with Crippen molar-refractivity contribution in [1.82, 2.24) is 9.55 Å². The lowest BCUT2D eigenvalue weighted by Crippen LogP contribution is -2.12. The molecule has 0 saturated heterocycles. The van der Waals surface area contributed by atoms with E-state index in [4.69, 9.17) is 4.74 Å². The molecular weight excluding hydrogens is 272 g/mol. The summed E-state index contributed by atoms with van der Waals surface area (Å²) in [6, 6.07) is 0. The van der Waals surface area contributed by atoms with E-state index in [1.807, 2.05) is 6.26 Å². The number of carbonyl (C=O) groups excluding carboxylic acids is 2. The summed E-state index contributed by atoms with van der Waals surface area (Å²) in [6.07, 6.45) is 2.61. The Kier molecular flexibility index (Phi) is 3.72. The topological polar surface area (TPSA) is 61.2 Å². The first-order valence-corrected chi connectivity index (χ1v) is 7.33. The van der Waals surface area contributed by atoms with Crippen molar-refractivity contribution in [3.8, 4) is 0 Å². The van der Waals surface area contributed by atoms with Gasteiger partial charge in [-0.2, -0.15) is 0 Å². The fourth-order valence-electron chi connectivity index (χ4n) is 1.73. The number of thiazole rings is 1. The number of ether oxygens (including phenoxy) is 1. The Morgan fingerprint density at radius 1 is 1.61 bits per heavy atom. The van der Waals surface area contributed by atoms with Gasteiger partial charge in [-0.3, -0.25) is 4.79 Å². The van der Waals surface area contributed by atoms with Crippen LogP contribution in [0.2, 0.25) is 0 Å². The third-order valence-corrected chi connectivity index (χ3v) is 4.57. The van der Waals surface area contributed by atoms with Gasteiger partial charge in [0.05, 0.1) is 16.9 Å². The zero-order valence-corrected chi connectivity index (χ0v) is 11.9. The van der Waals surface area contributed by atoms with Gasteiger partial charge in [0.25, 0.3) is 0 Å². The van der Waals surface area contributed by atoms with Gasteiger partial charge in [0.1, 0.15) is 5.69 Å². The van der Waals surface area contributed by atoms with Crippen LogP contribution in [-0.4, -0.2) is 34.7 Å². The molecule has 18 heavy (non-hydrogen) atoms. The van der Waals surface area contributed by atoms with Gasteiger partial charge in [0, 0.05) is 7.05 Å². The smallest absolute Gasteiger partial charge is 0.355 e. The maximum absolute atomic E-state index is 11.8. The summed E-state index contributed by atoms with van der Waals surface area (Å²) in [6.45, 7) is 2.01. The van der Waals surface area contributed by atoms with Crippen LogP contribution < -0.4 is 0 Å². The molecule has 0 fully saturated rings. The zero-order chi connectivity index (χ0) is 13.3. The molecule has 0 spiro atoms. The van der Waals surface area contributed by atoms with Crippen LogP contribution in [-0.2, 0) is 11.8 Å². The first-order valence-electron chi connectivity index (χ1n) is 5.29. The van der Waals surface area contributed by atoms with Crippen LogP contribution in [0.4, 0.5) is 0 Å². The molecule has 2 aromatic heterocycles. The average molecular weight is 284 g/mol. The SMILES string of the molecule is CCOC(=O)c1c(C=O)c2sc(SC)nc2n1C. The van der Waals surface area contributed by atoms with Crippen molar-refractivity contribution in [3.63, 3.8) is 0 Å². The Morgan fingerprint density at radius 3 is 2.89 bits per heavy atom. The lowest BCUT2D eigenvalue weighted by Gasteiger charge is -2.04. The summed E-state index contributed by atoms with van der Waals surface area (Å²) in [4.78, 5) is 27.4. The Morgan fingerprint density at radius 2 is 2.33 bits per heavy atom. The number of esters is 1. The largest absolute Gasteiger partial charge is 0.461 e. The summed E-state index contributed by atoms with van der Waals surface area (Å²) >= 11 is 2.92. The minimum Gasteiger partial charge on any atom is -0.461 e. The Balaban J connectivity index is 2.66. The van der Waals surface area contributed by atoms with E-state index in [0.29, 0.717) is 17.5 Å². The summed E-state index contributed by atoms with van der Waals surface area (Å²) < 4.78 is 8.18. The van der Waals surface area contributed by atoms with Gasteiger partial charge in [-0.25, -0.2) is 9.78 Å². The van der Waals surface area contributed by atoms with Crippen molar-refractivity contribution in [3.05, 3.63) is 11.3 Å². The molecule has 0 aliphatic carbocycles. The molecule has 2 heterocycles. The number of rotatable bonds is 4. The number of thioether (sulfide) groups is 1. The molecule has 2 rings (SSSR count). The van der Waals surface area contributed by atoms with Crippen LogP contribution in [0.15, 0.2) is 4.34 Å². The molecular formula is C11H12N2O3S2. The van der Waals surface area contributed by atoms with Crippen LogP contribution in [0, 0.1) is 0 Å². The minimum absolute atomic E-state index is 0.272. The minimum atomic E-state index is -0.488. The summed E-state index contributed by atoms with van der Waals surface area (Å²) in [5.74, 6) is -0.488. The molecule has 2 aromatic rings. The molecule has 0 bridgehead atoms. The summed E-state index contributed by atoms with van der Waals surface area (Å²) in [5, 5.41) is 0. The predicted molar refractivity (Wildman–Crippen MR) is 71.7 cm³/mol. The van der Waals surface area contributed by atoms with Crippen molar-refractivity contribution in [1.29, 1.82) is 0 Å². The van der Waals surface area contributed by atoms with Gasteiger partial charge >= 0.3 is 5.97 Å². The number of hydrogen-bond acceptors (Lipinski definition) is 6. The van der Waals surface area contributed by atoms with Crippen LogP contribution in [0.25, 0.3) is 10.3 Å². The maximum Gasteiger partial charge on any atom is 0.355 e. The van der Waals surface area contributed by atoms with Crippen molar-refractivity contribution in [2.75, 3.05) is 12.9 Å². The molecule has 96 valence electrons. The van der Waals surface area contributed by atoms with Crippen molar-refractivity contribution >= 4 is 45.7 Å². The van der Waals surface area contributed by atoms with E-state index < -0.39 is 5.97 Å². The zero-order valence-electron chi connectivity index (χ0n) is 10.2.